The van der Waals surface area contributed by atoms with Gasteiger partial charge < -0.3 is 10.2 Å². The zero-order valence-electron chi connectivity index (χ0n) is 15.0. The van der Waals surface area contributed by atoms with E-state index in [4.69, 9.17) is 0 Å². The van der Waals surface area contributed by atoms with Crippen molar-refractivity contribution in [3.63, 3.8) is 0 Å². The number of hydrogen-bond acceptors (Lipinski definition) is 4. The Morgan fingerprint density at radius 2 is 1.93 bits per heavy atom. The van der Waals surface area contributed by atoms with Crippen LogP contribution in [0.3, 0.4) is 0 Å². The van der Waals surface area contributed by atoms with Gasteiger partial charge in [-0.25, -0.2) is 0 Å². The highest BCUT2D eigenvalue weighted by Crippen LogP contribution is 2.31. The van der Waals surface area contributed by atoms with E-state index in [2.05, 4.69) is 34.3 Å². The largest absolute Gasteiger partial charge is 0.321 e. The van der Waals surface area contributed by atoms with E-state index in [1.165, 1.54) is 27.1 Å². The molecular weight excluding hydrogens is 376 g/mol. The highest BCUT2D eigenvalue weighted by molar-refractivity contribution is 7.10. The number of carbonyl (C=O) groups excluding carboxylic acids is 2. The zero-order valence-corrected chi connectivity index (χ0v) is 16.7. The van der Waals surface area contributed by atoms with E-state index >= 15 is 0 Å². The molecule has 2 N–H and O–H groups in total. The molecule has 0 fully saturated rings. The normalized spacial score (nSPS) is 18.7. The predicted molar refractivity (Wildman–Crippen MR) is 110 cm³/mol. The maximum absolute atomic E-state index is 12.7. The molecule has 1 aliphatic rings. The minimum Gasteiger partial charge on any atom is -0.321 e. The van der Waals surface area contributed by atoms with E-state index in [9.17, 15) is 9.59 Å². The highest BCUT2D eigenvalue weighted by atomic mass is 32.1. The minimum absolute atomic E-state index is 0.000751. The molecule has 3 heterocycles. The summed E-state index contributed by atoms with van der Waals surface area (Å²) in [5.41, 5.74) is 2.74. The van der Waals surface area contributed by atoms with Gasteiger partial charge in [-0.1, -0.05) is 6.07 Å². The summed E-state index contributed by atoms with van der Waals surface area (Å²) in [6.07, 6.45) is 1.02. The summed E-state index contributed by atoms with van der Waals surface area (Å²) in [4.78, 5) is 28.1. The first-order valence-electron chi connectivity index (χ1n) is 8.97. The van der Waals surface area contributed by atoms with E-state index in [1.54, 1.807) is 35.6 Å². The third-order valence-corrected chi connectivity index (χ3v) is 6.90. The van der Waals surface area contributed by atoms with E-state index in [1.807, 2.05) is 11.3 Å². The average Bonchev–Trinajstić information content (AvgIpc) is 3.33. The van der Waals surface area contributed by atoms with Crippen LogP contribution in [0.2, 0.25) is 0 Å². The molecule has 0 saturated carbocycles. The fraction of sp³-hybridized carbons (Fsp3) is 0.238. The number of anilines is 1. The van der Waals surface area contributed by atoms with Gasteiger partial charge in [-0.15, -0.1) is 22.7 Å². The zero-order chi connectivity index (χ0) is 18.8. The second kappa shape index (κ2) is 7.76. The van der Waals surface area contributed by atoms with Crippen LogP contribution in [-0.4, -0.2) is 24.8 Å². The maximum Gasteiger partial charge on any atom is 0.279 e. The Labute approximate surface area is 166 Å². The molecule has 3 aromatic rings. The molecule has 27 heavy (non-hydrogen) atoms. The first-order valence-corrected chi connectivity index (χ1v) is 10.7. The number of nitrogens with one attached hydrogen (secondary N) is 2. The van der Waals surface area contributed by atoms with Crippen LogP contribution in [0, 0.1) is 0 Å². The molecule has 0 radical (unpaired) electrons. The van der Waals surface area contributed by atoms with Gasteiger partial charge in [0.25, 0.3) is 5.91 Å². The standard InChI is InChI=1S/C21H20N2O2S2/c1-14(24)15-4-6-16(7-5-15)22-20(25)13-23-10-8-18-17(9-12-27-18)21(23)19-3-2-11-26-19/h2-7,9,11-12,21H,8,10,13H2,1H3,(H,22,25)/p+1/t21-/m0/s1. The van der Waals surface area contributed by atoms with Gasteiger partial charge in [0.2, 0.25) is 0 Å². The van der Waals surface area contributed by atoms with Crippen LogP contribution in [-0.2, 0) is 11.2 Å². The molecule has 0 spiro atoms. The lowest BCUT2D eigenvalue weighted by atomic mass is 9.98. The van der Waals surface area contributed by atoms with Gasteiger partial charge in [0.05, 0.1) is 11.4 Å². The van der Waals surface area contributed by atoms with Gasteiger partial charge in [-0.05, 0) is 54.1 Å². The number of amides is 1. The lowest BCUT2D eigenvalue weighted by Gasteiger charge is -2.31. The molecule has 4 rings (SSSR count). The molecular formula is C21H21N2O2S2+. The second-order valence-electron chi connectivity index (χ2n) is 6.76. The van der Waals surface area contributed by atoms with E-state index < -0.39 is 0 Å². The molecule has 4 nitrogen and oxygen atoms in total. The van der Waals surface area contributed by atoms with Gasteiger partial charge in [-0.2, -0.15) is 0 Å². The number of quaternary nitrogens is 1. The Kier molecular flexibility index (Phi) is 5.20. The summed E-state index contributed by atoms with van der Waals surface area (Å²) < 4.78 is 0. The lowest BCUT2D eigenvalue weighted by Crippen LogP contribution is -3.14. The summed E-state index contributed by atoms with van der Waals surface area (Å²) in [5.74, 6) is 0.0248. The molecule has 6 heteroatoms. The van der Waals surface area contributed by atoms with Crippen molar-refractivity contribution in [1.82, 2.24) is 0 Å². The molecule has 1 aliphatic heterocycles. The topological polar surface area (TPSA) is 50.6 Å². The molecule has 1 aromatic carbocycles. The molecule has 0 saturated heterocycles. The van der Waals surface area contributed by atoms with E-state index in [0.717, 1.165) is 18.7 Å². The van der Waals surface area contributed by atoms with Gasteiger partial charge in [-0.3, -0.25) is 9.59 Å². The van der Waals surface area contributed by atoms with Crippen molar-refractivity contribution in [3.8, 4) is 0 Å². The Balaban J connectivity index is 1.49. The van der Waals surface area contributed by atoms with Crippen LogP contribution < -0.4 is 10.2 Å². The fourth-order valence-corrected chi connectivity index (χ4v) is 5.47. The molecule has 0 bridgehead atoms. The number of thiophene rings is 2. The quantitative estimate of drug-likeness (QED) is 0.650. The van der Waals surface area contributed by atoms with Crippen LogP contribution in [0.5, 0.6) is 0 Å². The monoisotopic (exact) mass is 397 g/mol. The SMILES string of the molecule is CC(=O)c1ccc(NC(=O)C[NH+]2CCc3sccc3[C@H]2c2cccs2)cc1. The van der Waals surface area contributed by atoms with Crippen molar-refractivity contribution in [2.24, 2.45) is 0 Å². The fourth-order valence-electron chi connectivity index (χ4n) is 3.65. The summed E-state index contributed by atoms with van der Waals surface area (Å²) in [5, 5.41) is 7.23. The molecule has 138 valence electrons. The highest BCUT2D eigenvalue weighted by Gasteiger charge is 2.35. The van der Waals surface area contributed by atoms with Crippen molar-refractivity contribution in [2.45, 2.75) is 19.4 Å². The first kappa shape index (κ1) is 18.1. The number of ketones is 1. The minimum atomic E-state index is 0.000751. The van der Waals surface area contributed by atoms with Crippen molar-refractivity contribution >= 4 is 40.1 Å². The smallest absolute Gasteiger partial charge is 0.279 e. The Morgan fingerprint density at radius 3 is 2.63 bits per heavy atom. The predicted octanol–water partition coefficient (Wildman–Crippen LogP) is 3.18. The molecule has 0 aliphatic carbocycles. The van der Waals surface area contributed by atoms with Crippen LogP contribution >= 0.6 is 22.7 Å². The molecule has 2 atom stereocenters. The molecule has 1 unspecified atom stereocenters. The number of Topliss-reactive ketones (excluding diaryl/α,β-unsaturated/α-hetero) is 1. The van der Waals surface area contributed by atoms with E-state index in [-0.39, 0.29) is 17.7 Å². The maximum atomic E-state index is 12.7. The second-order valence-corrected chi connectivity index (χ2v) is 8.74. The Morgan fingerprint density at radius 1 is 1.11 bits per heavy atom. The summed E-state index contributed by atoms with van der Waals surface area (Å²) in [7, 11) is 0. The van der Waals surface area contributed by atoms with Crippen LogP contribution in [0.4, 0.5) is 5.69 Å². The van der Waals surface area contributed by atoms with Crippen molar-refractivity contribution in [2.75, 3.05) is 18.4 Å². The summed E-state index contributed by atoms with van der Waals surface area (Å²) >= 11 is 3.57. The van der Waals surface area contributed by atoms with Crippen LogP contribution in [0.1, 0.15) is 38.6 Å². The summed E-state index contributed by atoms with van der Waals surface area (Å²) in [6.45, 7) is 2.91. The number of hydrogen-bond donors (Lipinski definition) is 2. The number of rotatable bonds is 5. The third kappa shape index (κ3) is 3.88. The Hall–Kier alpha value is -2.28. The third-order valence-electron chi connectivity index (χ3n) is 4.96. The number of benzene rings is 1. The summed E-state index contributed by atoms with van der Waals surface area (Å²) in [6, 6.07) is 13.8. The molecule has 1 amide bonds. The molecule has 2 aromatic heterocycles. The van der Waals surface area contributed by atoms with Gasteiger partial charge in [0.1, 0.15) is 6.04 Å². The van der Waals surface area contributed by atoms with Crippen molar-refractivity contribution in [3.05, 3.63) is 74.1 Å². The average molecular weight is 398 g/mol. The van der Waals surface area contributed by atoms with Gasteiger partial charge in [0.15, 0.2) is 12.3 Å². The lowest BCUT2D eigenvalue weighted by molar-refractivity contribution is -0.919. The van der Waals surface area contributed by atoms with Crippen molar-refractivity contribution < 1.29 is 14.5 Å². The number of carbonyl (C=O) groups is 2. The van der Waals surface area contributed by atoms with E-state index in [0.29, 0.717) is 12.1 Å². The Bertz CT molecular complexity index is 945. The van der Waals surface area contributed by atoms with Gasteiger partial charge >= 0.3 is 0 Å². The van der Waals surface area contributed by atoms with Crippen LogP contribution in [0.15, 0.2) is 53.2 Å². The first-order chi connectivity index (χ1) is 13.1. The van der Waals surface area contributed by atoms with Crippen LogP contribution in [0.25, 0.3) is 0 Å². The van der Waals surface area contributed by atoms with Crippen molar-refractivity contribution in [1.29, 1.82) is 0 Å². The number of fused-ring (bicyclic) bond motifs is 1. The van der Waals surface area contributed by atoms with Gasteiger partial charge in [0, 0.05) is 28.1 Å².